The van der Waals surface area contributed by atoms with Crippen molar-refractivity contribution in [2.24, 2.45) is 0 Å². The normalized spacial score (nSPS) is 11.4. The zero-order valence-electron chi connectivity index (χ0n) is 11.2. The molecule has 0 aliphatic heterocycles. The van der Waals surface area contributed by atoms with Crippen LogP contribution >= 0.6 is 27.5 Å². The van der Waals surface area contributed by atoms with Gasteiger partial charge in [-0.3, -0.25) is 4.72 Å². The Hall–Kier alpha value is -1.08. The molecule has 2 N–H and O–H groups in total. The summed E-state index contributed by atoms with van der Waals surface area (Å²) in [7, 11) is -1.89. The molecular weight excluding hydrogens is 376 g/mol. The zero-order chi connectivity index (χ0) is 15.5. The number of nitrogens with one attached hydrogen (secondary N) is 2. The van der Waals surface area contributed by atoms with Crippen LogP contribution in [0.15, 0.2) is 51.8 Å². The van der Waals surface area contributed by atoms with Gasteiger partial charge in [-0.1, -0.05) is 29.8 Å². The monoisotopic (exact) mass is 388 g/mol. The number of sulfonamides is 1. The number of benzene rings is 2. The molecule has 0 heterocycles. The Balaban J connectivity index is 2.36. The Morgan fingerprint density at radius 1 is 1.19 bits per heavy atom. The van der Waals surface area contributed by atoms with E-state index in [0.29, 0.717) is 27.3 Å². The molecule has 0 aliphatic rings. The van der Waals surface area contributed by atoms with Crippen molar-refractivity contribution in [2.45, 2.75) is 11.4 Å². The predicted octanol–water partition coefficient (Wildman–Crippen LogP) is 3.62. The summed E-state index contributed by atoms with van der Waals surface area (Å²) in [5, 5.41) is 3.40. The van der Waals surface area contributed by atoms with Gasteiger partial charge in [0.15, 0.2) is 0 Å². The third kappa shape index (κ3) is 3.97. The fraction of sp³-hybridized carbons (Fsp3) is 0.143. The molecule has 0 spiro atoms. The Labute approximate surface area is 137 Å². The lowest BCUT2D eigenvalue weighted by Crippen LogP contribution is -2.17. The lowest BCUT2D eigenvalue weighted by atomic mass is 10.2. The highest BCUT2D eigenvalue weighted by atomic mass is 79.9. The van der Waals surface area contributed by atoms with Crippen LogP contribution in [0.1, 0.15) is 5.56 Å². The molecule has 0 atom stereocenters. The highest BCUT2D eigenvalue weighted by molar-refractivity contribution is 9.10. The maximum atomic E-state index is 12.5. The summed E-state index contributed by atoms with van der Waals surface area (Å²) in [6.07, 6.45) is 0. The van der Waals surface area contributed by atoms with Gasteiger partial charge in [-0.05, 0) is 52.8 Å². The van der Waals surface area contributed by atoms with E-state index in [2.05, 4.69) is 26.0 Å². The molecule has 0 saturated carbocycles. The molecule has 2 aromatic rings. The Morgan fingerprint density at radius 2 is 1.90 bits per heavy atom. The molecule has 0 aromatic heterocycles. The van der Waals surface area contributed by atoms with Gasteiger partial charge in [0.2, 0.25) is 0 Å². The summed E-state index contributed by atoms with van der Waals surface area (Å²) < 4.78 is 28.3. The summed E-state index contributed by atoms with van der Waals surface area (Å²) >= 11 is 9.25. The summed E-state index contributed by atoms with van der Waals surface area (Å²) in [6, 6.07) is 11.8. The quantitative estimate of drug-likeness (QED) is 0.821. The van der Waals surface area contributed by atoms with Crippen molar-refractivity contribution in [3.63, 3.8) is 0 Å². The molecule has 0 amide bonds. The van der Waals surface area contributed by atoms with Crippen LogP contribution in [0.25, 0.3) is 0 Å². The Morgan fingerprint density at radius 3 is 2.57 bits per heavy atom. The average Bonchev–Trinajstić information content (AvgIpc) is 2.43. The van der Waals surface area contributed by atoms with Gasteiger partial charge >= 0.3 is 0 Å². The summed E-state index contributed by atoms with van der Waals surface area (Å²) in [6.45, 7) is 0.470. The fourth-order valence-electron chi connectivity index (χ4n) is 1.87. The average molecular weight is 390 g/mol. The van der Waals surface area contributed by atoms with Gasteiger partial charge in [0.1, 0.15) is 0 Å². The third-order valence-corrected chi connectivity index (χ3v) is 5.52. The van der Waals surface area contributed by atoms with Gasteiger partial charge in [-0.25, -0.2) is 8.42 Å². The van der Waals surface area contributed by atoms with Crippen LogP contribution in [-0.4, -0.2) is 15.5 Å². The van der Waals surface area contributed by atoms with Gasteiger partial charge < -0.3 is 5.32 Å². The molecule has 0 fully saturated rings. The van der Waals surface area contributed by atoms with Crippen LogP contribution in [-0.2, 0) is 16.6 Å². The molecule has 2 rings (SSSR count). The number of hydrogen-bond donors (Lipinski definition) is 2. The molecule has 0 saturated heterocycles. The van der Waals surface area contributed by atoms with Crippen molar-refractivity contribution in [2.75, 3.05) is 11.8 Å². The highest BCUT2D eigenvalue weighted by Crippen LogP contribution is 2.27. The summed E-state index contributed by atoms with van der Waals surface area (Å²) in [4.78, 5) is 0.249. The topological polar surface area (TPSA) is 58.2 Å². The Kier molecular flexibility index (Phi) is 5.27. The summed E-state index contributed by atoms with van der Waals surface area (Å²) in [5.41, 5.74) is 1.12. The predicted molar refractivity (Wildman–Crippen MR) is 89.2 cm³/mol. The van der Waals surface area contributed by atoms with Gasteiger partial charge in [0.25, 0.3) is 10.0 Å². The van der Waals surface area contributed by atoms with Crippen LogP contribution in [0.3, 0.4) is 0 Å². The molecule has 0 bridgehead atoms. The van der Waals surface area contributed by atoms with E-state index < -0.39 is 10.0 Å². The number of anilines is 1. The van der Waals surface area contributed by atoms with Gasteiger partial charge in [-0.2, -0.15) is 0 Å². The van der Waals surface area contributed by atoms with Crippen molar-refractivity contribution in [3.8, 4) is 0 Å². The molecule has 4 nitrogen and oxygen atoms in total. The second kappa shape index (κ2) is 6.79. The SMILES string of the molecule is CNCc1ccccc1S(=O)(=O)Nc1ccc(Br)c(Cl)c1. The first-order valence-corrected chi connectivity index (χ1v) is 8.80. The fourth-order valence-corrected chi connectivity index (χ4v) is 3.59. The first-order valence-electron chi connectivity index (χ1n) is 6.14. The zero-order valence-corrected chi connectivity index (χ0v) is 14.4. The maximum Gasteiger partial charge on any atom is 0.262 e. The van der Waals surface area contributed by atoms with E-state index in [-0.39, 0.29) is 4.90 Å². The van der Waals surface area contributed by atoms with Gasteiger partial charge in [0, 0.05) is 11.0 Å². The van der Waals surface area contributed by atoms with Crippen molar-refractivity contribution in [1.29, 1.82) is 0 Å². The largest absolute Gasteiger partial charge is 0.316 e. The van der Waals surface area contributed by atoms with Gasteiger partial charge in [0.05, 0.1) is 15.6 Å². The van der Waals surface area contributed by atoms with E-state index in [1.165, 1.54) is 0 Å². The molecule has 0 unspecified atom stereocenters. The second-order valence-corrected chi connectivity index (χ2v) is 7.28. The van der Waals surface area contributed by atoms with Crippen LogP contribution < -0.4 is 10.0 Å². The van der Waals surface area contributed by atoms with Crippen molar-refractivity contribution < 1.29 is 8.42 Å². The molecule has 0 radical (unpaired) electrons. The minimum atomic E-state index is -3.66. The van der Waals surface area contributed by atoms with Crippen LogP contribution in [0.2, 0.25) is 5.02 Å². The van der Waals surface area contributed by atoms with Crippen LogP contribution in [0.5, 0.6) is 0 Å². The molecule has 21 heavy (non-hydrogen) atoms. The first-order chi connectivity index (χ1) is 9.94. The lowest BCUT2D eigenvalue weighted by molar-refractivity contribution is 0.599. The second-order valence-electron chi connectivity index (χ2n) is 4.37. The smallest absolute Gasteiger partial charge is 0.262 e. The molecular formula is C14H14BrClN2O2S. The van der Waals surface area contributed by atoms with Crippen LogP contribution in [0.4, 0.5) is 5.69 Å². The van der Waals surface area contributed by atoms with E-state index >= 15 is 0 Å². The van der Waals surface area contributed by atoms with Crippen molar-refractivity contribution >= 4 is 43.2 Å². The number of rotatable bonds is 5. The minimum Gasteiger partial charge on any atom is -0.316 e. The van der Waals surface area contributed by atoms with Gasteiger partial charge in [-0.15, -0.1) is 0 Å². The maximum absolute atomic E-state index is 12.5. The molecule has 7 heteroatoms. The van der Waals surface area contributed by atoms with E-state index in [0.717, 1.165) is 0 Å². The van der Waals surface area contributed by atoms with Crippen molar-refractivity contribution in [3.05, 3.63) is 57.5 Å². The Bertz CT molecular complexity index is 750. The van der Waals surface area contributed by atoms with E-state index in [1.807, 2.05) is 6.07 Å². The van der Waals surface area contributed by atoms with E-state index in [9.17, 15) is 8.42 Å². The summed E-state index contributed by atoms with van der Waals surface area (Å²) in [5.74, 6) is 0. The number of hydrogen-bond acceptors (Lipinski definition) is 3. The van der Waals surface area contributed by atoms with E-state index in [1.54, 1.807) is 43.4 Å². The minimum absolute atomic E-state index is 0.249. The standard InChI is InChI=1S/C14H14BrClN2O2S/c1-17-9-10-4-2-3-5-14(10)21(19,20)18-11-6-7-12(15)13(16)8-11/h2-8,17-18H,9H2,1H3. The van der Waals surface area contributed by atoms with Crippen molar-refractivity contribution in [1.82, 2.24) is 5.32 Å². The first kappa shape index (κ1) is 16.3. The molecule has 0 aliphatic carbocycles. The highest BCUT2D eigenvalue weighted by Gasteiger charge is 2.18. The lowest BCUT2D eigenvalue weighted by Gasteiger charge is -2.12. The molecule has 2 aromatic carbocycles. The third-order valence-electron chi connectivity index (χ3n) is 2.80. The number of halogens is 2. The van der Waals surface area contributed by atoms with Crippen LogP contribution in [0, 0.1) is 0 Å². The molecule has 112 valence electrons. The van der Waals surface area contributed by atoms with E-state index in [4.69, 9.17) is 11.6 Å².